The van der Waals surface area contributed by atoms with E-state index in [-0.39, 0.29) is 13.5 Å². The van der Waals surface area contributed by atoms with Gasteiger partial charge in [0.15, 0.2) is 0 Å². The molecular formula is C25H35NO. The van der Waals surface area contributed by atoms with Crippen LogP contribution in [-0.4, -0.2) is 16.2 Å². The molecule has 0 radical (unpaired) electrons. The van der Waals surface area contributed by atoms with Gasteiger partial charge in [0.25, 0.3) is 0 Å². The summed E-state index contributed by atoms with van der Waals surface area (Å²) in [4.78, 5) is 4.38. The predicted molar refractivity (Wildman–Crippen MR) is 112 cm³/mol. The second-order valence-corrected chi connectivity index (χ2v) is 9.71. The number of aliphatic hydroxyl groups excluding tert-OH is 1. The van der Waals surface area contributed by atoms with E-state index in [1.807, 2.05) is 12.4 Å². The minimum atomic E-state index is -0.106. The Morgan fingerprint density at radius 3 is 2.63 bits per heavy atom. The first-order valence-corrected chi connectivity index (χ1v) is 10.5. The number of nitrogens with zero attached hydrogens (tertiary/aromatic N) is 1. The van der Waals surface area contributed by atoms with Gasteiger partial charge in [0.2, 0.25) is 0 Å². The van der Waals surface area contributed by atoms with Crippen molar-refractivity contribution >= 4 is 5.57 Å². The van der Waals surface area contributed by atoms with Crippen LogP contribution in [0.1, 0.15) is 71.8 Å². The molecule has 146 valence electrons. The molecule has 2 fully saturated rings. The van der Waals surface area contributed by atoms with Crippen molar-refractivity contribution < 1.29 is 5.11 Å². The molecular weight excluding hydrogens is 330 g/mol. The van der Waals surface area contributed by atoms with Crippen LogP contribution < -0.4 is 0 Å². The minimum absolute atomic E-state index is 0. The summed E-state index contributed by atoms with van der Waals surface area (Å²) in [5, 5.41) is 10.2. The highest BCUT2D eigenvalue weighted by atomic mass is 16.3. The summed E-state index contributed by atoms with van der Waals surface area (Å²) >= 11 is 0. The lowest BCUT2D eigenvalue weighted by Crippen LogP contribution is -2.49. The standard InChI is InChI=1S/C24H31NO.CH4/c1-23-11-9-18(26)14-17(23)5-6-19-21-8-7-20(16-4-3-13-25-15-16)24(21,2)12-10-22(19)23;/h3-5,7,13,15,18-19,21-22,26H,6,8-12,14H2,1-2H3;1H4/t18-,19-,21-,22-,23-,24+;/m0./s1. The molecule has 4 aliphatic carbocycles. The summed E-state index contributed by atoms with van der Waals surface area (Å²) in [6.45, 7) is 5.03. The van der Waals surface area contributed by atoms with Crippen molar-refractivity contribution in [3.63, 3.8) is 0 Å². The molecule has 1 aromatic rings. The Labute approximate surface area is 164 Å². The molecule has 0 saturated heterocycles. The summed E-state index contributed by atoms with van der Waals surface area (Å²) < 4.78 is 0. The van der Waals surface area contributed by atoms with Crippen molar-refractivity contribution in [3.05, 3.63) is 47.8 Å². The molecule has 1 aromatic heterocycles. The van der Waals surface area contributed by atoms with Gasteiger partial charge in [-0.15, -0.1) is 0 Å². The van der Waals surface area contributed by atoms with Crippen LogP contribution in [-0.2, 0) is 0 Å². The molecule has 0 spiro atoms. The highest BCUT2D eigenvalue weighted by Crippen LogP contribution is 2.66. The van der Waals surface area contributed by atoms with Crippen LogP contribution in [0.2, 0.25) is 0 Å². The Hall–Kier alpha value is -1.41. The maximum Gasteiger partial charge on any atom is 0.0577 e. The minimum Gasteiger partial charge on any atom is -0.393 e. The molecule has 4 aliphatic rings. The van der Waals surface area contributed by atoms with Crippen LogP contribution in [0.25, 0.3) is 5.57 Å². The van der Waals surface area contributed by atoms with Gasteiger partial charge in [-0.25, -0.2) is 0 Å². The molecule has 1 heterocycles. The van der Waals surface area contributed by atoms with Crippen molar-refractivity contribution in [3.8, 4) is 0 Å². The Kier molecular flexibility index (Phi) is 4.62. The van der Waals surface area contributed by atoms with Crippen molar-refractivity contribution in [2.75, 3.05) is 0 Å². The zero-order valence-corrected chi connectivity index (χ0v) is 16.1. The molecule has 2 nitrogen and oxygen atoms in total. The van der Waals surface area contributed by atoms with Crippen LogP contribution in [0, 0.1) is 28.6 Å². The third-order valence-corrected chi connectivity index (χ3v) is 8.63. The molecule has 0 aromatic carbocycles. The lowest BCUT2D eigenvalue weighted by Gasteiger charge is -2.57. The van der Waals surface area contributed by atoms with Gasteiger partial charge in [0.05, 0.1) is 6.10 Å². The lowest BCUT2D eigenvalue weighted by atomic mass is 9.47. The molecule has 0 bridgehead atoms. The summed E-state index contributed by atoms with van der Waals surface area (Å²) in [5.41, 5.74) is 5.09. The number of hydrogen-bond donors (Lipinski definition) is 1. The molecule has 6 atom stereocenters. The number of pyridine rings is 1. The molecule has 1 N–H and O–H groups in total. The maximum atomic E-state index is 10.2. The third kappa shape index (κ3) is 2.67. The highest BCUT2D eigenvalue weighted by molar-refractivity contribution is 5.72. The van der Waals surface area contributed by atoms with Crippen molar-refractivity contribution in [1.82, 2.24) is 4.98 Å². The average molecular weight is 366 g/mol. The molecule has 2 heteroatoms. The van der Waals surface area contributed by atoms with Gasteiger partial charge >= 0.3 is 0 Å². The lowest BCUT2D eigenvalue weighted by molar-refractivity contribution is -0.0238. The van der Waals surface area contributed by atoms with E-state index in [2.05, 4.69) is 43.1 Å². The van der Waals surface area contributed by atoms with E-state index in [0.29, 0.717) is 10.8 Å². The number of fused-ring (bicyclic) bond motifs is 5. The zero-order chi connectivity index (χ0) is 17.9. The van der Waals surface area contributed by atoms with Gasteiger partial charge in [0.1, 0.15) is 0 Å². The second kappa shape index (κ2) is 6.58. The monoisotopic (exact) mass is 365 g/mol. The molecule has 5 rings (SSSR count). The van der Waals surface area contributed by atoms with E-state index in [0.717, 1.165) is 30.6 Å². The first kappa shape index (κ1) is 18.9. The zero-order valence-electron chi connectivity index (χ0n) is 16.1. The smallest absolute Gasteiger partial charge is 0.0577 e. The van der Waals surface area contributed by atoms with Gasteiger partial charge in [-0.05, 0) is 90.7 Å². The van der Waals surface area contributed by atoms with Crippen LogP contribution in [0.3, 0.4) is 0 Å². The van der Waals surface area contributed by atoms with Gasteiger partial charge in [-0.1, -0.05) is 45.1 Å². The van der Waals surface area contributed by atoms with E-state index in [9.17, 15) is 5.11 Å². The third-order valence-electron chi connectivity index (χ3n) is 8.63. The van der Waals surface area contributed by atoms with E-state index in [1.165, 1.54) is 37.7 Å². The normalized spacial score (nSPS) is 42.8. The van der Waals surface area contributed by atoms with E-state index >= 15 is 0 Å². The topological polar surface area (TPSA) is 33.1 Å². The first-order valence-electron chi connectivity index (χ1n) is 10.5. The van der Waals surface area contributed by atoms with Crippen LogP contribution in [0.4, 0.5) is 0 Å². The van der Waals surface area contributed by atoms with Crippen molar-refractivity contribution in [2.45, 2.75) is 72.3 Å². The van der Waals surface area contributed by atoms with E-state index in [1.54, 1.807) is 11.1 Å². The number of aliphatic hydroxyl groups is 1. The van der Waals surface area contributed by atoms with Gasteiger partial charge in [-0.3, -0.25) is 4.98 Å². The average Bonchev–Trinajstić information content (AvgIpc) is 3.00. The summed E-state index contributed by atoms with van der Waals surface area (Å²) in [5.74, 6) is 2.36. The molecule has 0 unspecified atom stereocenters. The van der Waals surface area contributed by atoms with Crippen molar-refractivity contribution in [2.24, 2.45) is 28.6 Å². The highest BCUT2D eigenvalue weighted by Gasteiger charge is 2.56. The summed E-state index contributed by atoms with van der Waals surface area (Å²) in [6.07, 6.45) is 17.0. The maximum absolute atomic E-state index is 10.2. The quantitative estimate of drug-likeness (QED) is 0.616. The van der Waals surface area contributed by atoms with Crippen molar-refractivity contribution in [1.29, 1.82) is 0 Å². The van der Waals surface area contributed by atoms with Gasteiger partial charge in [-0.2, -0.15) is 0 Å². The van der Waals surface area contributed by atoms with E-state index in [4.69, 9.17) is 0 Å². The second-order valence-electron chi connectivity index (χ2n) is 9.71. The summed E-state index contributed by atoms with van der Waals surface area (Å²) in [6, 6.07) is 4.31. The number of rotatable bonds is 1. The van der Waals surface area contributed by atoms with Gasteiger partial charge in [0, 0.05) is 12.4 Å². The SMILES string of the molecule is C.C[C@]12CC[C@H](O)CC1=CC[C@@H]1[C@@H]2CC[C@]2(C)C(c3cccnc3)=CC[C@@H]12. The fraction of sp³-hybridized carbons (Fsp3) is 0.640. The Morgan fingerprint density at radius 1 is 1.04 bits per heavy atom. The number of hydrogen-bond acceptors (Lipinski definition) is 2. The fourth-order valence-electron chi connectivity index (χ4n) is 7.18. The van der Waals surface area contributed by atoms with E-state index < -0.39 is 0 Å². The van der Waals surface area contributed by atoms with Crippen LogP contribution >= 0.6 is 0 Å². The Bertz CT molecular complexity index is 766. The predicted octanol–water partition coefficient (Wildman–Crippen LogP) is 6.03. The number of allylic oxidation sites excluding steroid dienone is 3. The molecule has 0 aliphatic heterocycles. The largest absolute Gasteiger partial charge is 0.393 e. The molecule has 2 saturated carbocycles. The fourth-order valence-corrected chi connectivity index (χ4v) is 7.18. The summed E-state index contributed by atoms with van der Waals surface area (Å²) in [7, 11) is 0. The molecule has 27 heavy (non-hydrogen) atoms. The van der Waals surface area contributed by atoms with Crippen LogP contribution in [0.5, 0.6) is 0 Å². The molecule has 0 amide bonds. The Balaban J connectivity index is 0.00000180. The Morgan fingerprint density at radius 2 is 1.85 bits per heavy atom. The van der Waals surface area contributed by atoms with Crippen LogP contribution in [0.15, 0.2) is 42.3 Å². The number of aromatic nitrogens is 1. The van der Waals surface area contributed by atoms with Gasteiger partial charge < -0.3 is 5.11 Å². The first-order chi connectivity index (χ1) is 12.5.